The third kappa shape index (κ3) is 7.41. The van der Waals surface area contributed by atoms with Crippen molar-refractivity contribution in [3.8, 4) is 0 Å². The van der Waals surface area contributed by atoms with Crippen molar-refractivity contribution in [2.45, 2.75) is 39.3 Å². The number of nitrogens with zero attached hydrogens (tertiary/aromatic N) is 3. The number of morpholine rings is 1. The first-order chi connectivity index (χ1) is 13.8. The first-order valence-corrected chi connectivity index (χ1v) is 11.0. The summed E-state index contributed by atoms with van der Waals surface area (Å²) in [6.07, 6.45) is 4.07. The van der Waals surface area contributed by atoms with E-state index in [1.54, 1.807) is 0 Å². The molecule has 2 N–H and O–H groups in total. The Morgan fingerprint density at radius 1 is 1.00 bits per heavy atom. The van der Waals surface area contributed by atoms with Gasteiger partial charge in [-0.3, -0.25) is 4.90 Å². The Hall–Kier alpha value is -1.63. The van der Waals surface area contributed by atoms with Gasteiger partial charge in [0.25, 0.3) is 0 Å². The summed E-state index contributed by atoms with van der Waals surface area (Å²) in [5.74, 6) is 0.915. The van der Waals surface area contributed by atoms with Crippen LogP contribution in [0.15, 0.2) is 29.3 Å². The Morgan fingerprint density at radius 3 is 2.57 bits per heavy atom. The van der Waals surface area contributed by atoms with E-state index in [9.17, 15) is 0 Å². The minimum Gasteiger partial charge on any atom is -0.379 e. The van der Waals surface area contributed by atoms with Gasteiger partial charge in [-0.25, -0.2) is 4.99 Å². The maximum absolute atomic E-state index is 5.44. The van der Waals surface area contributed by atoms with Gasteiger partial charge in [-0.05, 0) is 44.0 Å². The summed E-state index contributed by atoms with van der Waals surface area (Å²) in [5, 5.41) is 6.86. The molecule has 6 heteroatoms. The molecule has 2 heterocycles. The lowest BCUT2D eigenvalue weighted by atomic mass is 10.1. The lowest BCUT2D eigenvalue weighted by Gasteiger charge is -2.26. The van der Waals surface area contributed by atoms with Crippen LogP contribution in [0.2, 0.25) is 0 Å². The number of piperidine rings is 1. The summed E-state index contributed by atoms with van der Waals surface area (Å²) in [5.41, 5.74) is 2.62. The van der Waals surface area contributed by atoms with Crippen LogP contribution in [0.25, 0.3) is 0 Å². The van der Waals surface area contributed by atoms with E-state index in [4.69, 9.17) is 9.73 Å². The van der Waals surface area contributed by atoms with Gasteiger partial charge in [0, 0.05) is 39.3 Å². The lowest BCUT2D eigenvalue weighted by molar-refractivity contribution is 0.0342. The molecule has 0 amide bonds. The van der Waals surface area contributed by atoms with E-state index in [1.165, 1.54) is 43.5 Å². The summed E-state index contributed by atoms with van der Waals surface area (Å²) in [4.78, 5) is 9.80. The molecule has 2 fully saturated rings. The molecule has 6 nitrogen and oxygen atoms in total. The molecule has 0 unspecified atom stereocenters. The van der Waals surface area contributed by atoms with Crippen LogP contribution in [-0.2, 0) is 17.8 Å². The average Bonchev–Trinajstić information content (AvgIpc) is 2.74. The fourth-order valence-electron chi connectivity index (χ4n) is 3.87. The van der Waals surface area contributed by atoms with Gasteiger partial charge in [0.15, 0.2) is 5.96 Å². The Kier molecular flexibility index (Phi) is 9.07. The van der Waals surface area contributed by atoms with Crippen LogP contribution < -0.4 is 10.6 Å². The maximum atomic E-state index is 5.44. The van der Waals surface area contributed by atoms with Gasteiger partial charge in [-0.1, -0.05) is 30.7 Å². The zero-order chi connectivity index (χ0) is 19.4. The van der Waals surface area contributed by atoms with Gasteiger partial charge in [0.1, 0.15) is 0 Å². The lowest BCUT2D eigenvalue weighted by Crippen LogP contribution is -2.42. The highest BCUT2D eigenvalue weighted by Gasteiger charge is 2.11. The summed E-state index contributed by atoms with van der Waals surface area (Å²) in [7, 11) is 0. The van der Waals surface area contributed by atoms with Crippen LogP contribution in [0.4, 0.5) is 0 Å². The molecule has 2 saturated heterocycles. The molecule has 0 atom stereocenters. The molecule has 0 saturated carbocycles. The van der Waals surface area contributed by atoms with Gasteiger partial charge in [0.2, 0.25) is 0 Å². The second kappa shape index (κ2) is 12.0. The number of likely N-dealkylation sites (tertiary alicyclic amines) is 1. The SMILES string of the molecule is CCNC(=NCc1cccc(CN2CCOCC2)c1)NCCN1CCCCC1. The number of ether oxygens (including phenoxy) is 1. The number of hydrogen-bond donors (Lipinski definition) is 2. The highest BCUT2D eigenvalue weighted by Crippen LogP contribution is 2.11. The molecule has 3 rings (SSSR count). The zero-order valence-electron chi connectivity index (χ0n) is 17.5. The molecule has 0 aliphatic carbocycles. The molecule has 0 spiro atoms. The van der Waals surface area contributed by atoms with Crippen molar-refractivity contribution < 1.29 is 4.74 Å². The predicted octanol–water partition coefficient (Wildman–Crippen LogP) is 2.06. The van der Waals surface area contributed by atoms with Gasteiger partial charge in [0.05, 0.1) is 19.8 Å². The standard InChI is InChI=1S/C22H37N5O/c1-2-23-22(24-9-12-26-10-4-3-5-11-26)25-18-20-7-6-8-21(17-20)19-27-13-15-28-16-14-27/h6-8,17H,2-5,9-16,18-19H2,1H3,(H2,23,24,25). The van der Waals surface area contributed by atoms with Crippen molar-refractivity contribution in [3.05, 3.63) is 35.4 Å². The number of nitrogens with one attached hydrogen (secondary N) is 2. The Balaban J connectivity index is 1.48. The highest BCUT2D eigenvalue weighted by atomic mass is 16.5. The Morgan fingerprint density at radius 2 is 1.79 bits per heavy atom. The van der Waals surface area contributed by atoms with Crippen molar-refractivity contribution in [3.63, 3.8) is 0 Å². The Labute approximate surface area is 170 Å². The molecular weight excluding hydrogens is 350 g/mol. The van der Waals surface area contributed by atoms with Gasteiger partial charge < -0.3 is 20.3 Å². The van der Waals surface area contributed by atoms with Crippen LogP contribution in [0.3, 0.4) is 0 Å². The average molecular weight is 388 g/mol. The van der Waals surface area contributed by atoms with E-state index in [1.807, 2.05) is 0 Å². The van der Waals surface area contributed by atoms with E-state index < -0.39 is 0 Å². The molecule has 1 aromatic rings. The van der Waals surface area contributed by atoms with Crippen molar-refractivity contribution in [2.24, 2.45) is 4.99 Å². The smallest absolute Gasteiger partial charge is 0.191 e. The van der Waals surface area contributed by atoms with Crippen molar-refractivity contribution in [2.75, 3.05) is 59.0 Å². The topological polar surface area (TPSA) is 52.1 Å². The summed E-state index contributed by atoms with van der Waals surface area (Å²) >= 11 is 0. The molecular formula is C22H37N5O. The van der Waals surface area contributed by atoms with E-state index in [-0.39, 0.29) is 0 Å². The number of aliphatic imine (C=N–C) groups is 1. The first-order valence-electron chi connectivity index (χ1n) is 11.0. The normalized spacial score (nSPS) is 19.5. The van der Waals surface area contributed by atoms with Crippen LogP contribution in [0.5, 0.6) is 0 Å². The first kappa shape index (κ1) is 21.1. The van der Waals surface area contributed by atoms with E-state index in [2.05, 4.69) is 51.6 Å². The summed E-state index contributed by atoms with van der Waals surface area (Å²) < 4.78 is 5.44. The van der Waals surface area contributed by atoms with E-state index >= 15 is 0 Å². The van der Waals surface area contributed by atoms with Crippen LogP contribution >= 0.6 is 0 Å². The van der Waals surface area contributed by atoms with Gasteiger partial charge >= 0.3 is 0 Å². The largest absolute Gasteiger partial charge is 0.379 e. The van der Waals surface area contributed by atoms with Crippen molar-refractivity contribution in [1.29, 1.82) is 0 Å². The molecule has 28 heavy (non-hydrogen) atoms. The van der Waals surface area contributed by atoms with Crippen molar-refractivity contribution >= 4 is 5.96 Å². The quantitative estimate of drug-likeness (QED) is 0.528. The minimum atomic E-state index is 0.704. The number of hydrogen-bond acceptors (Lipinski definition) is 4. The fraction of sp³-hybridized carbons (Fsp3) is 0.682. The van der Waals surface area contributed by atoms with Gasteiger partial charge in [-0.2, -0.15) is 0 Å². The molecule has 2 aliphatic heterocycles. The molecule has 0 bridgehead atoms. The molecule has 2 aliphatic rings. The number of rotatable bonds is 8. The van der Waals surface area contributed by atoms with Crippen LogP contribution in [-0.4, -0.2) is 74.8 Å². The zero-order valence-corrected chi connectivity index (χ0v) is 17.5. The minimum absolute atomic E-state index is 0.704. The number of benzene rings is 1. The van der Waals surface area contributed by atoms with E-state index in [0.29, 0.717) is 6.54 Å². The molecule has 156 valence electrons. The Bertz CT molecular complexity index is 594. The van der Waals surface area contributed by atoms with Crippen LogP contribution in [0.1, 0.15) is 37.3 Å². The second-order valence-corrected chi connectivity index (χ2v) is 7.73. The summed E-state index contributed by atoms with van der Waals surface area (Å²) in [6, 6.07) is 8.82. The predicted molar refractivity (Wildman–Crippen MR) is 116 cm³/mol. The van der Waals surface area contributed by atoms with Crippen LogP contribution in [0, 0.1) is 0 Å². The highest BCUT2D eigenvalue weighted by molar-refractivity contribution is 5.79. The fourth-order valence-corrected chi connectivity index (χ4v) is 3.87. The van der Waals surface area contributed by atoms with Gasteiger partial charge in [-0.15, -0.1) is 0 Å². The molecule has 0 aromatic heterocycles. The third-order valence-electron chi connectivity index (χ3n) is 5.43. The van der Waals surface area contributed by atoms with E-state index in [0.717, 1.165) is 58.4 Å². The summed E-state index contributed by atoms with van der Waals surface area (Å²) in [6.45, 7) is 13.0. The number of guanidine groups is 1. The molecule has 1 aromatic carbocycles. The maximum Gasteiger partial charge on any atom is 0.191 e. The molecule has 0 radical (unpaired) electrons. The monoisotopic (exact) mass is 387 g/mol. The second-order valence-electron chi connectivity index (χ2n) is 7.73. The third-order valence-corrected chi connectivity index (χ3v) is 5.43. The van der Waals surface area contributed by atoms with Crippen molar-refractivity contribution in [1.82, 2.24) is 20.4 Å².